The van der Waals surface area contributed by atoms with E-state index < -0.39 is 0 Å². The first-order valence-electron chi connectivity index (χ1n) is 6.01. The predicted octanol–water partition coefficient (Wildman–Crippen LogP) is 3.16. The second-order valence-corrected chi connectivity index (χ2v) is 4.48. The van der Waals surface area contributed by atoms with Gasteiger partial charge in [0.15, 0.2) is 5.75 Å². The summed E-state index contributed by atoms with van der Waals surface area (Å²) in [5, 5.41) is 18.8. The fourth-order valence-corrected chi connectivity index (χ4v) is 2.07. The fourth-order valence-electron chi connectivity index (χ4n) is 1.83. The molecule has 0 aliphatic carbocycles. The van der Waals surface area contributed by atoms with Crippen molar-refractivity contribution >= 4 is 11.6 Å². The maximum absolute atomic E-state index is 9.31. The molecule has 4 heteroatoms. The molecule has 0 bridgehead atoms. The summed E-state index contributed by atoms with van der Waals surface area (Å²) in [5.41, 5.74) is 1.53. The zero-order valence-corrected chi connectivity index (χ0v) is 11.1. The summed E-state index contributed by atoms with van der Waals surface area (Å²) in [4.78, 5) is 0. The molecular weight excluding hydrogens is 264 g/mol. The van der Waals surface area contributed by atoms with Crippen molar-refractivity contribution in [1.82, 2.24) is 0 Å². The number of rotatable bonds is 5. The van der Waals surface area contributed by atoms with Gasteiger partial charge in [-0.2, -0.15) is 0 Å². The molecule has 0 radical (unpaired) electrons. The number of halogens is 1. The van der Waals surface area contributed by atoms with Crippen LogP contribution in [0, 0.1) is 0 Å². The third kappa shape index (κ3) is 3.26. The molecule has 0 aliphatic heterocycles. The zero-order chi connectivity index (χ0) is 13.7. The Morgan fingerprint density at radius 1 is 0.947 bits per heavy atom. The van der Waals surface area contributed by atoms with E-state index in [9.17, 15) is 5.11 Å². The van der Waals surface area contributed by atoms with Crippen molar-refractivity contribution < 1.29 is 14.9 Å². The minimum atomic E-state index is -0.141. The first-order chi connectivity index (χ1) is 9.26. The van der Waals surface area contributed by atoms with Crippen molar-refractivity contribution in [2.24, 2.45) is 0 Å². The molecule has 3 nitrogen and oxygen atoms in total. The lowest BCUT2D eigenvalue weighted by Gasteiger charge is -2.14. The van der Waals surface area contributed by atoms with Crippen LogP contribution in [0.15, 0.2) is 42.5 Å². The Kier molecular flexibility index (Phi) is 4.80. The minimum Gasteiger partial charge on any atom is -0.455 e. The first kappa shape index (κ1) is 13.9. The number of benzene rings is 2. The normalized spacial score (nSPS) is 10.5. The van der Waals surface area contributed by atoms with Crippen LogP contribution in [0.5, 0.6) is 11.5 Å². The van der Waals surface area contributed by atoms with E-state index in [-0.39, 0.29) is 13.2 Å². The van der Waals surface area contributed by atoms with Crippen molar-refractivity contribution in [3.05, 3.63) is 58.6 Å². The van der Waals surface area contributed by atoms with E-state index in [0.29, 0.717) is 28.5 Å². The monoisotopic (exact) mass is 278 g/mol. The van der Waals surface area contributed by atoms with Gasteiger partial charge in [-0.3, -0.25) is 0 Å². The van der Waals surface area contributed by atoms with Crippen LogP contribution in [0.4, 0.5) is 0 Å². The summed E-state index contributed by atoms with van der Waals surface area (Å²) in [7, 11) is 0. The van der Waals surface area contributed by atoms with Gasteiger partial charge in [0.1, 0.15) is 5.75 Å². The Bertz CT molecular complexity index is 555. The van der Waals surface area contributed by atoms with E-state index in [1.807, 2.05) is 24.3 Å². The largest absolute Gasteiger partial charge is 0.455 e. The van der Waals surface area contributed by atoms with Crippen molar-refractivity contribution in [2.45, 2.75) is 13.0 Å². The quantitative estimate of drug-likeness (QED) is 0.883. The van der Waals surface area contributed by atoms with E-state index in [4.69, 9.17) is 21.4 Å². The fraction of sp³-hybridized carbons (Fsp3) is 0.200. The topological polar surface area (TPSA) is 49.7 Å². The van der Waals surface area contributed by atoms with Crippen LogP contribution in [0.25, 0.3) is 0 Å². The van der Waals surface area contributed by atoms with Crippen LogP contribution in [-0.4, -0.2) is 16.8 Å². The molecule has 0 saturated heterocycles. The van der Waals surface area contributed by atoms with Crippen molar-refractivity contribution in [3.63, 3.8) is 0 Å². The first-order valence-corrected chi connectivity index (χ1v) is 6.39. The van der Waals surface area contributed by atoms with Crippen LogP contribution >= 0.6 is 11.6 Å². The highest BCUT2D eigenvalue weighted by molar-refractivity contribution is 6.32. The molecule has 0 unspecified atom stereocenters. The predicted molar refractivity (Wildman–Crippen MR) is 74.7 cm³/mol. The van der Waals surface area contributed by atoms with Gasteiger partial charge in [-0.15, -0.1) is 0 Å². The van der Waals surface area contributed by atoms with Gasteiger partial charge >= 0.3 is 0 Å². The highest BCUT2D eigenvalue weighted by atomic mass is 35.5. The highest BCUT2D eigenvalue weighted by Crippen LogP contribution is 2.34. The van der Waals surface area contributed by atoms with Gasteiger partial charge in [0.05, 0.1) is 11.6 Å². The molecule has 0 heterocycles. The SMILES string of the molecule is OCCc1ccccc1Oc1c(Cl)cccc1CO. The molecule has 0 spiro atoms. The van der Waals surface area contributed by atoms with Crippen LogP contribution < -0.4 is 4.74 Å². The average Bonchev–Trinajstić information content (AvgIpc) is 2.43. The molecule has 2 N–H and O–H groups in total. The summed E-state index contributed by atoms with van der Waals surface area (Å²) in [6, 6.07) is 12.7. The molecule has 2 aromatic rings. The number of aliphatic hydroxyl groups is 2. The molecule has 0 atom stereocenters. The van der Waals surface area contributed by atoms with Crippen molar-refractivity contribution in [1.29, 1.82) is 0 Å². The van der Waals surface area contributed by atoms with E-state index in [1.165, 1.54) is 0 Å². The molecule has 100 valence electrons. The molecule has 19 heavy (non-hydrogen) atoms. The number of hydrogen-bond donors (Lipinski definition) is 2. The second kappa shape index (κ2) is 6.57. The van der Waals surface area contributed by atoms with Gasteiger partial charge in [0.2, 0.25) is 0 Å². The van der Waals surface area contributed by atoms with Gasteiger partial charge in [-0.25, -0.2) is 0 Å². The smallest absolute Gasteiger partial charge is 0.151 e. The van der Waals surface area contributed by atoms with E-state index in [1.54, 1.807) is 18.2 Å². The average molecular weight is 279 g/mol. The Balaban J connectivity index is 2.36. The van der Waals surface area contributed by atoms with Gasteiger partial charge < -0.3 is 14.9 Å². The minimum absolute atomic E-state index is 0.0513. The molecule has 0 amide bonds. The highest BCUT2D eigenvalue weighted by Gasteiger charge is 2.11. The molecule has 0 aromatic heterocycles. The summed E-state index contributed by atoms with van der Waals surface area (Å²) in [5.74, 6) is 1.09. The maximum atomic E-state index is 9.31. The van der Waals surface area contributed by atoms with Gasteiger partial charge in [0, 0.05) is 12.2 Å². The van der Waals surface area contributed by atoms with Crippen LogP contribution in [0.2, 0.25) is 5.02 Å². The molecule has 0 saturated carbocycles. The Labute approximate surface area is 117 Å². The number of para-hydroxylation sites is 2. The Hall–Kier alpha value is -1.55. The van der Waals surface area contributed by atoms with Gasteiger partial charge in [-0.05, 0) is 24.1 Å². The molecule has 0 aliphatic rings. The summed E-state index contributed by atoms with van der Waals surface area (Å²) in [6.07, 6.45) is 0.509. The standard InChI is InChI=1S/C15H15ClO3/c16-13-6-3-5-12(10-18)15(13)19-14-7-2-1-4-11(14)8-9-17/h1-7,17-18H,8-10H2. The summed E-state index contributed by atoms with van der Waals surface area (Å²) < 4.78 is 5.81. The zero-order valence-electron chi connectivity index (χ0n) is 10.3. The maximum Gasteiger partial charge on any atom is 0.151 e. The van der Waals surface area contributed by atoms with E-state index in [2.05, 4.69) is 0 Å². The third-order valence-electron chi connectivity index (χ3n) is 2.78. The van der Waals surface area contributed by atoms with Gasteiger partial charge in [0.25, 0.3) is 0 Å². The van der Waals surface area contributed by atoms with Crippen LogP contribution in [0.3, 0.4) is 0 Å². The van der Waals surface area contributed by atoms with Crippen LogP contribution in [0.1, 0.15) is 11.1 Å². The molecule has 0 fully saturated rings. The van der Waals surface area contributed by atoms with Crippen molar-refractivity contribution in [3.8, 4) is 11.5 Å². The third-order valence-corrected chi connectivity index (χ3v) is 3.08. The molecule has 2 rings (SSSR count). The van der Waals surface area contributed by atoms with Gasteiger partial charge in [-0.1, -0.05) is 41.9 Å². The number of hydrogen-bond acceptors (Lipinski definition) is 3. The van der Waals surface area contributed by atoms with Crippen LogP contribution in [-0.2, 0) is 13.0 Å². The number of aliphatic hydroxyl groups excluding tert-OH is 2. The Morgan fingerprint density at radius 2 is 1.68 bits per heavy atom. The summed E-state index contributed by atoms with van der Waals surface area (Å²) in [6.45, 7) is -0.0895. The lowest BCUT2D eigenvalue weighted by atomic mass is 10.1. The van der Waals surface area contributed by atoms with E-state index in [0.717, 1.165) is 5.56 Å². The summed E-state index contributed by atoms with van der Waals surface area (Å²) >= 11 is 6.10. The van der Waals surface area contributed by atoms with E-state index >= 15 is 0 Å². The van der Waals surface area contributed by atoms with Crippen molar-refractivity contribution in [2.75, 3.05) is 6.61 Å². The Morgan fingerprint density at radius 3 is 2.42 bits per heavy atom. The molecular formula is C15H15ClO3. The lowest BCUT2D eigenvalue weighted by Crippen LogP contribution is -1.97. The molecule has 2 aromatic carbocycles. The second-order valence-electron chi connectivity index (χ2n) is 4.07. The lowest BCUT2D eigenvalue weighted by molar-refractivity contribution is 0.276. The number of ether oxygens (including phenoxy) is 1.